The van der Waals surface area contributed by atoms with E-state index in [1.165, 1.54) is 0 Å². The number of anilines is 2. The number of hydrogen-bond donors (Lipinski definition) is 2. The zero-order valence-corrected chi connectivity index (χ0v) is 12.4. The Kier molecular flexibility index (Phi) is 5.26. The molecular weight excluding hydrogens is 264 g/mol. The van der Waals surface area contributed by atoms with Gasteiger partial charge in [0.2, 0.25) is 5.95 Å². The van der Waals surface area contributed by atoms with Crippen molar-refractivity contribution in [3.63, 3.8) is 0 Å². The molecular formula is C16H20N4O. The Labute approximate surface area is 124 Å². The van der Waals surface area contributed by atoms with Crippen molar-refractivity contribution in [3.05, 3.63) is 47.8 Å². The predicted octanol–water partition coefficient (Wildman–Crippen LogP) is 3.11. The van der Waals surface area contributed by atoms with Crippen LogP contribution in [0.4, 0.5) is 11.6 Å². The lowest BCUT2D eigenvalue weighted by atomic mass is 10.1. The van der Waals surface area contributed by atoms with Crippen molar-refractivity contribution in [1.29, 1.82) is 0 Å². The zero-order valence-electron chi connectivity index (χ0n) is 12.4. The first kappa shape index (κ1) is 15.0. The lowest BCUT2D eigenvalue weighted by molar-refractivity contribution is 0.102. The van der Waals surface area contributed by atoms with Gasteiger partial charge in [-0.15, -0.1) is 0 Å². The summed E-state index contributed by atoms with van der Waals surface area (Å²) in [5.41, 5.74) is 2.28. The molecule has 1 amide bonds. The van der Waals surface area contributed by atoms with Gasteiger partial charge in [-0.1, -0.05) is 32.0 Å². The van der Waals surface area contributed by atoms with Crippen molar-refractivity contribution < 1.29 is 4.79 Å². The van der Waals surface area contributed by atoms with Gasteiger partial charge in [-0.2, -0.15) is 0 Å². The monoisotopic (exact) mass is 284 g/mol. The highest BCUT2D eigenvalue weighted by Gasteiger charge is 2.10. The highest BCUT2D eigenvalue weighted by Crippen LogP contribution is 2.16. The molecule has 0 saturated carbocycles. The van der Waals surface area contributed by atoms with Crippen molar-refractivity contribution in [2.24, 2.45) is 0 Å². The summed E-state index contributed by atoms with van der Waals surface area (Å²) in [6.45, 7) is 4.90. The van der Waals surface area contributed by atoms with Gasteiger partial charge in [0.05, 0.1) is 0 Å². The Morgan fingerprint density at radius 1 is 1.19 bits per heavy atom. The third-order valence-electron chi connectivity index (χ3n) is 3.07. The molecule has 2 aromatic rings. The zero-order chi connectivity index (χ0) is 15.1. The minimum atomic E-state index is -0.224. The number of benzene rings is 1. The van der Waals surface area contributed by atoms with Crippen LogP contribution >= 0.6 is 0 Å². The van der Waals surface area contributed by atoms with Crippen molar-refractivity contribution in [3.8, 4) is 0 Å². The second kappa shape index (κ2) is 7.38. The quantitative estimate of drug-likeness (QED) is 0.855. The molecule has 0 radical (unpaired) electrons. The van der Waals surface area contributed by atoms with E-state index in [-0.39, 0.29) is 5.91 Å². The average molecular weight is 284 g/mol. The van der Waals surface area contributed by atoms with Gasteiger partial charge in [0.1, 0.15) is 5.69 Å². The number of nitrogens with one attached hydrogen (secondary N) is 2. The Hall–Kier alpha value is -2.43. The van der Waals surface area contributed by atoms with E-state index in [9.17, 15) is 4.79 Å². The lowest BCUT2D eigenvalue weighted by Gasteiger charge is -2.10. The minimum Gasteiger partial charge on any atom is -0.354 e. The van der Waals surface area contributed by atoms with E-state index in [0.717, 1.165) is 30.6 Å². The molecule has 1 heterocycles. The van der Waals surface area contributed by atoms with E-state index in [1.807, 2.05) is 24.3 Å². The molecule has 0 saturated heterocycles. The standard InChI is InChI=1S/C16H20N4O/c1-3-10-17-16-18-11-9-14(20-16)15(21)19-13-8-6-5-7-12(13)4-2/h5-9,11H,3-4,10H2,1-2H3,(H,19,21)(H,17,18,20). The minimum absolute atomic E-state index is 0.224. The maximum atomic E-state index is 12.3. The van der Waals surface area contributed by atoms with E-state index in [2.05, 4.69) is 34.4 Å². The fourth-order valence-electron chi connectivity index (χ4n) is 1.94. The molecule has 5 nitrogen and oxygen atoms in total. The van der Waals surface area contributed by atoms with Crippen molar-refractivity contribution >= 4 is 17.5 Å². The lowest BCUT2D eigenvalue weighted by Crippen LogP contribution is -2.16. The first-order valence-electron chi connectivity index (χ1n) is 7.20. The number of aryl methyl sites for hydroxylation is 1. The van der Waals surface area contributed by atoms with Gasteiger partial charge >= 0.3 is 0 Å². The van der Waals surface area contributed by atoms with Gasteiger partial charge in [0.25, 0.3) is 5.91 Å². The van der Waals surface area contributed by atoms with Crippen molar-refractivity contribution in [1.82, 2.24) is 9.97 Å². The summed E-state index contributed by atoms with van der Waals surface area (Å²) in [5, 5.41) is 5.98. The van der Waals surface area contributed by atoms with Gasteiger partial charge in [0.15, 0.2) is 0 Å². The fourth-order valence-corrected chi connectivity index (χ4v) is 1.94. The van der Waals surface area contributed by atoms with E-state index in [0.29, 0.717) is 11.6 Å². The van der Waals surface area contributed by atoms with Crippen LogP contribution in [0.2, 0.25) is 0 Å². The second-order valence-electron chi connectivity index (χ2n) is 4.66. The molecule has 0 spiro atoms. The number of amides is 1. The van der Waals surface area contributed by atoms with E-state index in [1.54, 1.807) is 12.3 Å². The molecule has 0 aliphatic carbocycles. The Morgan fingerprint density at radius 2 is 2.00 bits per heavy atom. The summed E-state index contributed by atoms with van der Waals surface area (Å²) in [4.78, 5) is 20.6. The van der Waals surface area contributed by atoms with Crippen LogP contribution in [0.5, 0.6) is 0 Å². The number of nitrogens with zero attached hydrogens (tertiary/aromatic N) is 2. The maximum absolute atomic E-state index is 12.3. The van der Waals surface area contributed by atoms with Gasteiger partial charge in [-0.3, -0.25) is 4.79 Å². The first-order chi connectivity index (χ1) is 10.2. The van der Waals surface area contributed by atoms with Crippen LogP contribution in [0.3, 0.4) is 0 Å². The first-order valence-corrected chi connectivity index (χ1v) is 7.20. The van der Waals surface area contributed by atoms with Crippen LogP contribution < -0.4 is 10.6 Å². The summed E-state index contributed by atoms with van der Waals surface area (Å²) in [6, 6.07) is 9.38. The normalized spacial score (nSPS) is 10.2. The number of aromatic nitrogens is 2. The molecule has 5 heteroatoms. The van der Waals surface area contributed by atoms with Gasteiger partial charge in [-0.25, -0.2) is 9.97 Å². The molecule has 110 valence electrons. The molecule has 0 unspecified atom stereocenters. The number of carbonyl (C=O) groups is 1. The second-order valence-corrected chi connectivity index (χ2v) is 4.66. The van der Waals surface area contributed by atoms with Gasteiger partial charge < -0.3 is 10.6 Å². The third kappa shape index (κ3) is 4.02. The van der Waals surface area contributed by atoms with Crippen LogP contribution in [0, 0.1) is 0 Å². The molecule has 0 fully saturated rings. The van der Waals surface area contributed by atoms with Crippen LogP contribution in [-0.2, 0) is 6.42 Å². The highest BCUT2D eigenvalue weighted by atomic mass is 16.1. The molecule has 1 aromatic carbocycles. The van der Waals surface area contributed by atoms with Crippen molar-refractivity contribution in [2.75, 3.05) is 17.2 Å². The van der Waals surface area contributed by atoms with Crippen LogP contribution in [0.1, 0.15) is 36.3 Å². The molecule has 1 aromatic heterocycles. The van der Waals surface area contributed by atoms with Gasteiger partial charge in [0, 0.05) is 18.4 Å². The molecule has 0 aliphatic heterocycles. The largest absolute Gasteiger partial charge is 0.354 e. The van der Waals surface area contributed by atoms with Crippen LogP contribution in [0.25, 0.3) is 0 Å². The van der Waals surface area contributed by atoms with E-state index < -0.39 is 0 Å². The molecule has 0 aliphatic rings. The summed E-state index contributed by atoms with van der Waals surface area (Å²) in [7, 11) is 0. The molecule has 0 atom stereocenters. The fraction of sp³-hybridized carbons (Fsp3) is 0.312. The van der Waals surface area contributed by atoms with Crippen LogP contribution in [0.15, 0.2) is 36.5 Å². The Balaban J connectivity index is 2.13. The highest BCUT2D eigenvalue weighted by molar-refractivity contribution is 6.03. The molecule has 2 rings (SSSR count). The SMILES string of the molecule is CCCNc1nccc(C(=O)Nc2ccccc2CC)n1. The molecule has 2 N–H and O–H groups in total. The number of carbonyl (C=O) groups excluding carboxylic acids is 1. The summed E-state index contributed by atoms with van der Waals surface area (Å²) in [6.07, 6.45) is 3.43. The molecule has 0 bridgehead atoms. The average Bonchev–Trinajstić information content (AvgIpc) is 2.53. The predicted molar refractivity (Wildman–Crippen MR) is 84.6 cm³/mol. The Morgan fingerprint density at radius 3 is 2.76 bits per heavy atom. The number of rotatable bonds is 6. The summed E-state index contributed by atoms with van der Waals surface area (Å²) < 4.78 is 0. The third-order valence-corrected chi connectivity index (χ3v) is 3.07. The number of para-hydroxylation sites is 1. The summed E-state index contributed by atoms with van der Waals surface area (Å²) in [5.74, 6) is 0.256. The molecule has 21 heavy (non-hydrogen) atoms. The van der Waals surface area contributed by atoms with Crippen LogP contribution in [-0.4, -0.2) is 22.4 Å². The van der Waals surface area contributed by atoms with E-state index >= 15 is 0 Å². The van der Waals surface area contributed by atoms with E-state index in [4.69, 9.17) is 0 Å². The van der Waals surface area contributed by atoms with Crippen molar-refractivity contribution in [2.45, 2.75) is 26.7 Å². The summed E-state index contributed by atoms with van der Waals surface area (Å²) >= 11 is 0. The smallest absolute Gasteiger partial charge is 0.274 e. The number of hydrogen-bond acceptors (Lipinski definition) is 4. The maximum Gasteiger partial charge on any atom is 0.274 e. The van der Waals surface area contributed by atoms with Gasteiger partial charge in [-0.05, 0) is 30.5 Å². The Bertz CT molecular complexity index is 613. The topological polar surface area (TPSA) is 66.9 Å².